The van der Waals surface area contributed by atoms with Crippen LogP contribution in [-0.2, 0) is 9.53 Å². The molecule has 6 nitrogen and oxygen atoms in total. The van der Waals surface area contributed by atoms with Crippen LogP contribution in [0.3, 0.4) is 0 Å². The number of ether oxygens (including phenoxy) is 2. The Morgan fingerprint density at radius 2 is 2.00 bits per heavy atom. The normalized spacial score (nSPS) is 11.6. The second-order valence-electron chi connectivity index (χ2n) is 5.74. The van der Waals surface area contributed by atoms with Crippen molar-refractivity contribution in [1.29, 1.82) is 0 Å². The highest BCUT2D eigenvalue weighted by Crippen LogP contribution is 2.34. The van der Waals surface area contributed by atoms with E-state index in [2.05, 4.69) is 5.32 Å². The van der Waals surface area contributed by atoms with E-state index in [1.807, 2.05) is 0 Å². The fraction of sp³-hybridized carbons (Fsp3) is 0.316. The summed E-state index contributed by atoms with van der Waals surface area (Å²) < 4.78 is 10.6. The van der Waals surface area contributed by atoms with E-state index in [1.54, 1.807) is 45.0 Å². The zero-order valence-corrected chi connectivity index (χ0v) is 17.0. The van der Waals surface area contributed by atoms with Gasteiger partial charge in [0.05, 0.1) is 17.0 Å². The van der Waals surface area contributed by atoms with Crippen molar-refractivity contribution in [3.05, 3.63) is 45.3 Å². The predicted octanol–water partition coefficient (Wildman–Crippen LogP) is 4.50. The van der Waals surface area contributed by atoms with E-state index in [1.165, 1.54) is 6.92 Å². The molecule has 0 spiro atoms. The maximum Gasteiger partial charge on any atom is 0.341 e. The molecule has 2 aromatic rings. The molecule has 0 radical (unpaired) electrons. The first kappa shape index (κ1) is 20.9. The van der Waals surface area contributed by atoms with E-state index in [9.17, 15) is 14.4 Å². The lowest BCUT2D eigenvalue weighted by Crippen LogP contribution is -2.30. The Morgan fingerprint density at radius 3 is 2.59 bits per heavy atom. The summed E-state index contributed by atoms with van der Waals surface area (Å²) in [5, 5.41) is 3.43. The van der Waals surface area contributed by atoms with Crippen molar-refractivity contribution in [2.75, 3.05) is 11.9 Å². The second kappa shape index (κ2) is 9.01. The van der Waals surface area contributed by atoms with Gasteiger partial charge in [-0.1, -0.05) is 17.7 Å². The lowest BCUT2D eigenvalue weighted by molar-refractivity contribution is -0.122. The first-order valence-electron chi connectivity index (χ1n) is 8.29. The third-order valence-electron chi connectivity index (χ3n) is 3.66. The van der Waals surface area contributed by atoms with Crippen LogP contribution >= 0.6 is 22.9 Å². The van der Waals surface area contributed by atoms with Crippen molar-refractivity contribution in [3.8, 4) is 5.75 Å². The van der Waals surface area contributed by atoms with E-state index in [-0.39, 0.29) is 23.0 Å². The smallest absolute Gasteiger partial charge is 0.341 e. The number of carbonyl (C=O) groups is 3. The molecular formula is C19H20ClNO5S. The number of rotatable bonds is 7. The van der Waals surface area contributed by atoms with E-state index in [0.717, 1.165) is 11.3 Å². The molecule has 1 heterocycles. The first-order valence-corrected chi connectivity index (χ1v) is 9.48. The minimum atomic E-state index is -0.846. The van der Waals surface area contributed by atoms with E-state index >= 15 is 0 Å². The Hall–Kier alpha value is -2.38. The zero-order valence-electron chi connectivity index (χ0n) is 15.4. The number of esters is 1. The Kier molecular flexibility index (Phi) is 6.98. The summed E-state index contributed by atoms with van der Waals surface area (Å²) in [4.78, 5) is 37.0. The van der Waals surface area contributed by atoms with Gasteiger partial charge >= 0.3 is 5.97 Å². The molecule has 0 saturated carbocycles. The van der Waals surface area contributed by atoms with Crippen LogP contribution in [0.4, 0.5) is 5.00 Å². The van der Waals surface area contributed by atoms with Gasteiger partial charge in [0.15, 0.2) is 11.9 Å². The van der Waals surface area contributed by atoms with Gasteiger partial charge in [-0.3, -0.25) is 9.59 Å². The monoisotopic (exact) mass is 409 g/mol. The summed E-state index contributed by atoms with van der Waals surface area (Å²) in [6.45, 7) is 6.51. The van der Waals surface area contributed by atoms with E-state index in [0.29, 0.717) is 21.2 Å². The molecule has 0 saturated heterocycles. The highest BCUT2D eigenvalue weighted by Gasteiger charge is 2.26. The van der Waals surface area contributed by atoms with Gasteiger partial charge in [0.2, 0.25) is 0 Å². The molecule has 1 N–H and O–H groups in total. The van der Waals surface area contributed by atoms with Crippen LogP contribution in [0.2, 0.25) is 5.02 Å². The molecule has 1 atom stereocenters. The Bertz CT molecular complexity index is 877. The van der Waals surface area contributed by atoms with E-state index in [4.69, 9.17) is 21.1 Å². The number of thiophene rings is 1. The average molecular weight is 410 g/mol. The minimum absolute atomic E-state index is 0.186. The average Bonchev–Trinajstić information content (AvgIpc) is 2.91. The molecule has 1 unspecified atom stereocenters. The SMILES string of the molecule is CCOC(=O)c1c(NC(=O)C(C)Oc2cccc(Cl)c2)sc(C(C)=O)c1C. The summed E-state index contributed by atoms with van der Waals surface area (Å²) in [5.41, 5.74) is 0.681. The van der Waals surface area contributed by atoms with Gasteiger partial charge in [-0.15, -0.1) is 11.3 Å². The molecule has 0 bridgehead atoms. The van der Waals surface area contributed by atoms with Gasteiger partial charge in [-0.25, -0.2) is 4.79 Å². The minimum Gasteiger partial charge on any atom is -0.481 e. The molecule has 1 aromatic carbocycles. The fourth-order valence-corrected chi connectivity index (χ4v) is 3.67. The summed E-state index contributed by atoms with van der Waals surface area (Å²) in [5.74, 6) is -0.788. The van der Waals surface area contributed by atoms with Crippen LogP contribution in [0.1, 0.15) is 46.4 Å². The van der Waals surface area contributed by atoms with Crippen LogP contribution in [0.15, 0.2) is 24.3 Å². The number of Topliss-reactive ketones (excluding diaryl/α,β-unsaturated/α-hetero) is 1. The number of hydrogen-bond donors (Lipinski definition) is 1. The molecule has 0 aliphatic heterocycles. The van der Waals surface area contributed by atoms with Gasteiger partial charge < -0.3 is 14.8 Å². The van der Waals surface area contributed by atoms with Crippen molar-refractivity contribution >= 4 is 45.6 Å². The van der Waals surface area contributed by atoms with Crippen molar-refractivity contribution in [3.63, 3.8) is 0 Å². The number of amides is 1. The van der Waals surface area contributed by atoms with Crippen LogP contribution in [0.25, 0.3) is 0 Å². The summed E-state index contributed by atoms with van der Waals surface area (Å²) in [6.07, 6.45) is -0.846. The van der Waals surface area contributed by atoms with Crippen molar-refractivity contribution in [2.45, 2.75) is 33.8 Å². The first-order chi connectivity index (χ1) is 12.7. The van der Waals surface area contributed by atoms with Crippen molar-refractivity contribution in [1.82, 2.24) is 0 Å². The van der Waals surface area contributed by atoms with E-state index < -0.39 is 18.0 Å². The lowest BCUT2D eigenvalue weighted by atomic mass is 10.1. The molecule has 144 valence electrons. The summed E-state index contributed by atoms with van der Waals surface area (Å²) in [6, 6.07) is 6.69. The summed E-state index contributed by atoms with van der Waals surface area (Å²) >= 11 is 6.95. The molecule has 2 rings (SSSR count). The number of hydrogen-bond acceptors (Lipinski definition) is 6. The van der Waals surface area contributed by atoms with Gasteiger partial charge in [-0.05, 0) is 51.5 Å². The topological polar surface area (TPSA) is 81.7 Å². The summed E-state index contributed by atoms with van der Waals surface area (Å²) in [7, 11) is 0. The number of carbonyl (C=O) groups excluding carboxylic acids is 3. The maximum atomic E-state index is 12.5. The van der Waals surface area contributed by atoms with Crippen molar-refractivity contribution < 1.29 is 23.9 Å². The zero-order chi connectivity index (χ0) is 20.1. The molecule has 8 heteroatoms. The number of anilines is 1. The quantitative estimate of drug-likeness (QED) is 0.538. The number of benzene rings is 1. The fourth-order valence-electron chi connectivity index (χ4n) is 2.40. The Balaban J connectivity index is 2.24. The largest absolute Gasteiger partial charge is 0.481 e. The highest BCUT2D eigenvalue weighted by molar-refractivity contribution is 7.18. The molecule has 0 aliphatic rings. The second-order valence-corrected chi connectivity index (χ2v) is 7.20. The predicted molar refractivity (Wildman–Crippen MR) is 105 cm³/mol. The molecule has 27 heavy (non-hydrogen) atoms. The van der Waals surface area contributed by atoms with Crippen LogP contribution in [0, 0.1) is 6.92 Å². The molecular weight excluding hydrogens is 390 g/mol. The Morgan fingerprint density at radius 1 is 1.30 bits per heavy atom. The molecule has 1 aromatic heterocycles. The molecule has 0 aliphatic carbocycles. The Labute approximate surface area is 166 Å². The maximum absolute atomic E-state index is 12.5. The van der Waals surface area contributed by atoms with Gasteiger partial charge in [0.1, 0.15) is 10.8 Å². The number of nitrogens with one attached hydrogen (secondary N) is 1. The molecule has 1 amide bonds. The van der Waals surface area contributed by atoms with Crippen LogP contribution in [-0.4, -0.2) is 30.4 Å². The number of ketones is 1. The third kappa shape index (κ3) is 5.08. The number of halogens is 1. The highest BCUT2D eigenvalue weighted by atomic mass is 35.5. The van der Waals surface area contributed by atoms with Gasteiger partial charge in [0, 0.05) is 5.02 Å². The third-order valence-corrected chi connectivity index (χ3v) is 5.20. The lowest BCUT2D eigenvalue weighted by Gasteiger charge is -2.15. The van der Waals surface area contributed by atoms with Gasteiger partial charge in [-0.2, -0.15) is 0 Å². The standard InChI is InChI=1S/C19H20ClNO5S/c1-5-25-19(24)15-10(2)16(11(3)22)27-18(15)21-17(23)12(4)26-14-8-6-7-13(20)9-14/h6-9,12H,5H2,1-4H3,(H,21,23). The van der Waals surface area contributed by atoms with Crippen molar-refractivity contribution in [2.24, 2.45) is 0 Å². The molecule has 0 fully saturated rings. The van der Waals surface area contributed by atoms with Crippen LogP contribution < -0.4 is 10.1 Å². The van der Waals surface area contributed by atoms with Gasteiger partial charge in [0.25, 0.3) is 5.91 Å². The van der Waals surface area contributed by atoms with Crippen LogP contribution in [0.5, 0.6) is 5.75 Å².